The lowest BCUT2D eigenvalue weighted by Crippen LogP contribution is -2.20. The molecule has 2 aromatic rings. The average Bonchev–Trinajstić information content (AvgIpc) is 2.67. The lowest BCUT2D eigenvalue weighted by molar-refractivity contribution is 0.262. The number of aryl methyl sites for hydroxylation is 1. The first kappa shape index (κ1) is 14.2. The molecule has 0 aliphatic heterocycles. The summed E-state index contributed by atoms with van der Waals surface area (Å²) in [6.07, 6.45) is 1.51. The van der Waals surface area contributed by atoms with Crippen LogP contribution in [0.5, 0.6) is 0 Å². The molecule has 0 unspecified atom stereocenters. The Bertz CT molecular complexity index is 684. The van der Waals surface area contributed by atoms with E-state index in [0.717, 1.165) is 0 Å². The lowest BCUT2D eigenvalue weighted by Gasteiger charge is -2.06. The van der Waals surface area contributed by atoms with E-state index < -0.39 is 6.03 Å². The summed E-state index contributed by atoms with van der Waals surface area (Å²) in [5.74, 6) is 0.181. The van der Waals surface area contributed by atoms with Crippen molar-refractivity contribution in [2.75, 3.05) is 10.6 Å². The fourth-order valence-electron chi connectivity index (χ4n) is 1.56. The van der Waals surface area contributed by atoms with Crippen molar-refractivity contribution in [2.45, 2.75) is 0 Å². The van der Waals surface area contributed by atoms with Gasteiger partial charge in [-0.3, -0.25) is 10.00 Å². The number of carbonyl (C=O) groups excluding carboxylic acids is 1. The average molecular weight is 310 g/mol. The van der Waals surface area contributed by atoms with Crippen LogP contribution >= 0.6 is 23.2 Å². The molecule has 1 aromatic carbocycles. The zero-order chi connectivity index (χ0) is 14.7. The van der Waals surface area contributed by atoms with Gasteiger partial charge in [-0.05, 0) is 18.2 Å². The van der Waals surface area contributed by atoms with E-state index in [-0.39, 0.29) is 11.4 Å². The van der Waals surface area contributed by atoms with Crippen LogP contribution in [0.15, 0.2) is 24.4 Å². The first-order chi connectivity index (χ1) is 9.47. The molecule has 0 bridgehead atoms. The van der Waals surface area contributed by atoms with Gasteiger partial charge >= 0.3 is 6.03 Å². The summed E-state index contributed by atoms with van der Waals surface area (Å²) in [4.78, 5) is 11.8. The Morgan fingerprint density at radius 1 is 1.30 bits per heavy atom. The number of nitrogens with zero attached hydrogens (tertiary/aromatic N) is 3. The second-order valence-electron chi connectivity index (χ2n) is 3.91. The molecule has 0 saturated heterocycles. The Kier molecular flexibility index (Phi) is 4.13. The summed E-state index contributed by atoms with van der Waals surface area (Å²) in [6, 6.07) is 6.05. The third kappa shape index (κ3) is 3.41. The van der Waals surface area contributed by atoms with E-state index in [2.05, 4.69) is 15.7 Å². The number of nitrogens with one attached hydrogen (secondary N) is 2. The Morgan fingerprint density at radius 2 is 1.95 bits per heavy atom. The number of anilines is 2. The van der Waals surface area contributed by atoms with Gasteiger partial charge in [-0.15, -0.1) is 0 Å². The molecule has 0 atom stereocenters. The minimum Gasteiger partial charge on any atom is -0.308 e. The smallest absolute Gasteiger partial charge is 0.308 e. The normalized spacial score (nSPS) is 9.90. The second kappa shape index (κ2) is 5.82. The van der Waals surface area contributed by atoms with E-state index in [9.17, 15) is 4.79 Å². The quantitative estimate of drug-likeness (QED) is 0.893. The third-order valence-electron chi connectivity index (χ3n) is 2.30. The first-order valence-corrected chi connectivity index (χ1v) is 6.21. The van der Waals surface area contributed by atoms with Gasteiger partial charge < -0.3 is 5.32 Å². The van der Waals surface area contributed by atoms with Crippen LogP contribution in [0, 0.1) is 11.3 Å². The van der Waals surface area contributed by atoms with Crippen molar-refractivity contribution in [1.29, 1.82) is 5.26 Å². The fraction of sp³-hybridized carbons (Fsp3) is 0.0833. The predicted octanol–water partition coefficient (Wildman–Crippen LogP) is 3.24. The monoisotopic (exact) mass is 309 g/mol. The molecule has 0 saturated carbocycles. The summed E-state index contributed by atoms with van der Waals surface area (Å²) < 4.78 is 1.43. The standard InChI is InChI=1S/C12H9Cl2N5O/c1-19-6-7(5-15)11(18-19)17-12(20)16-10-3-8(13)2-9(14)4-10/h2-4,6H,1H3,(H2,16,17,18,20). The van der Waals surface area contributed by atoms with Crippen molar-refractivity contribution < 1.29 is 4.79 Å². The summed E-state index contributed by atoms with van der Waals surface area (Å²) in [6.45, 7) is 0. The number of benzene rings is 1. The molecule has 6 nitrogen and oxygen atoms in total. The van der Waals surface area contributed by atoms with Gasteiger partial charge in [0.2, 0.25) is 0 Å². The predicted molar refractivity (Wildman–Crippen MR) is 77.0 cm³/mol. The number of carbonyl (C=O) groups is 1. The van der Waals surface area contributed by atoms with E-state index >= 15 is 0 Å². The number of halogens is 2. The van der Waals surface area contributed by atoms with Crippen LogP contribution in [0.2, 0.25) is 10.0 Å². The molecule has 0 radical (unpaired) electrons. The molecule has 2 N–H and O–H groups in total. The van der Waals surface area contributed by atoms with E-state index in [1.165, 1.54) is 10.9 Å². The van der Waals surface area contributed by atoms with Crippen molar-refractivity contribution in [1.82, 2.24) is 9.78 Å². The third-order valence-corrected chi connectivity index (χ3v) is 2.74. The van der Waals surface area contributed by atoms with Crippen LogP contribution in [0.25, 0.3) is 0 Å². The van der Waals surface area contributed by atoms with Crippen molar-refractivity contribution in [3.05, 3.63) is 40.0 Å². The summed E-state index contributed by atoms with van der Waals surface area (Å²) in [5.41, 5.74) is 0.709. The number of rotatable bonds is 2. The van der Waals surface area contributed by atoms with Crippen LogP contribution in [-0.2, 0) is 7.05 Å². The van der Waals surface area contributed by atoms with Crippen LogP contribution < -0.4 is 10.6 Å². The Labute approximate surface area is 124 Å². The van der Waals surface area contributed by atoms with E-state index in [1.54, 1.807) is 25.2 Å². The maximum Gasteiger partial charge on any atom is 0.324 e. The molecular weight excluding hydrogens is 301 g/mol. The van der Waals surface area contributed by atoms with Gasteiger partial charge in [0.1, 0.15) is 11.6 Å². The van der Waals surface area contributed by atoms with Crippen LogP contribution in [-0.4, -0.2) is 15.8 Å². The van der Waals surface area contributed by atoms with E-state index in [1.807, 2.05) is 6.07 Å². The number of nitriles is 1. The minimum absolute atomic E-state index is 0.181. The number of urea groups is 1. The number of aromatic nitrogens is 2. The highest BCUT2D eigenvalue weighted by molar-refractivity contribution is 6.35. The molecule has 2 amide bonds. The van der Waals surface area contributed by atoms with Crippen LogP contribution in [0.3, 0.4) is 0 Å². The van der Waals surface area contributed by atoms with Crippen LogP contribution in [0.1, 0.15) is 5.56 Å². The Hall–Kier alpha value is -2.23. The Morgan fingerprint density at radius 3 is 2.55 bits per heavy atom. The van der Waals surface area contributed by atoms with Gasteiger partial charge in [0, 0.05) is 29.0 Å². The van der Waals surface area contributed by atoms with Gasteiger partial charge in [0.15, 0.2) is 5.82 Å². The highest BCUT2D eigenvalue weighted by Crippen LogP contribution is 2.22. The van der Waals surface area contributed by atoms with Gasteiger partial charge in [0.05, 0.1) is 0 Å². The lowest BCUT2D eigenvalue weighted by atomic mass is 10.3. The summed E-state index contributed by atoms with van der Waals surface area (Å²) >= 11 is 11.7. The molecule has 0 aliphatic carbocycles. The maximum atomic E-state index is 11.8. The Balaban J connectivity index is 2.11. The molecule has 20 heavy (non-hydrogen) atoms. The zero-order valence-electron chi connectivity index (χ0n) is 10.3. The van der Waals surface area contributed by atoms with Crippen molar-refractivity contribution in [3.63, 3.8) is 0 Å². The zero-order valence-corrected chi connectivity index (χ0v) is 11.8. The number of hydrogen-bond donors (Lipinski definition) is 2. The van der Waals surface area contributed by atoms with Crippen molar-refractivity contribution in [2.24, 2.45) is 7.05 Å². The van der Waals surface area contributed by atoms with Crippen molar-refractivity contribution >= 4 is 40.7 Å². The number of amides is 2. The largest absolute Gasteiger partial charge is 0.324 e. The molecule has 0 spiro atoms. The molecule has 2 rings (SSSR count). The molecular formula is C12H9Cl2N5O. The SMILES string of the molecule is Cn1cc(C#N)c(NC(=O)Nc2cc(Cl)cc(Cl)c2)n1. The van der Waals surface area contributed by atoms with Crippen LogP contribution in [0.4, 0.5) is 16.3 Å². The molecule has 102 valence electrons. The van der Waals surface area contributed by atoms with E-state index in [4.69, 9.17) is 28.5 Å². The van der Waals surface area contributed by atoms with Gasteiger partial charge in [-0.1, -0.05) is 23.2 Å². The molecule has 1 heterocycles. The molecule has 8 heteroatoms. The molecule has 0 aliphatic rings. The topological polar surface area (TPSA) is 82.7 Å². The van der Waals surface area contributed by atoms with Crippen molar-refractivity contribution in [3.8, 4) is 6.07 Å². The number of hydrogen-bond acceptors (Lipinski definition) is 3. The second-order valence-corrected chi connectivity index (χ2v) is 4.79. The highest BCUT2D eigenvalue weighted by atomic mass is 35.5. The first-order valence-electron chi connectivity index (χ1n) is 5.46. The van der Waals surface area contributed by atoms with Gasteiger partial charge in [-0.25, -0.2) is 4.79 Å². The van der Waals surface area contributed by atoms with Gasteiger partial charge in [-0.2, -0.15) is 10.4 Å². The molecule has 0 fully saturated rings. The molecule has 1 aromatic heterocycles. The minimum atomic E-state index is -0.543. The van der Waals surface area contributed by atoms with Gasteiger partial charge in [0.25, 0.3) is 0 Å². The fourth-order valence-corrected chi connectivity index (χ4v) is 2.08. The summed E-state index contributed by atoms with van der Waals surface area (Å²) in [5, 5.41) is 18.7. The highest BCUT2D eigenvalue weighted by Gasteiger charge is 2.11. The maximum absolute atomic E-state index is 11.8. The van der Waals surface area contributed by atoms with E-state index in [0.29, 0.717) is 15.7 Å². The summed E-state index contributed by atoms with van der Waals surface area (Å²) in [7, 11) is 1.65.